The average molecular weight is 351 g/mol. The number of amides is 1. The zero-order chi connectivity index (χ0) is 18.1. The van der Waals surface area contributed by atoms with Crippen molar-refractivity contribution in [2.45, 2.75) is 32.4 Å². The molecule has 0 N–H and O–H groups in total. The van der Waals surface area contributed by atoms with E-state index in [4.69, 9.17) is 0 Å². The van der Waals surface area contributed by atoms with E-state index < -0.39 is 0 Å². The van der Waals surface area contributed by atoms with Gasteiger partial charge < -0.3 is 4.90 Å². The summed E-state index contributed by atoms with van der Waals surface area (Å²) < 4.78 is 14.7. The zero-order valence-electron chi connectivity index (χ0n) is 14.3. The third-order valence-electron chi connectivity index (χ3n) is 4.36. The Kier molecular flexibility index (Phi) is 4.20. The van der Waals surface area contributed by atoms with Crippen LogP contribution < -0.4 is 0 Å². The minimum Gasteiger partial charge on any atom is -0.328 e. The molecule has 1 amide bonds. The van der Waals surface area contributed by atoms with Crippen LogP contribution >= 0.6 is 0 Å². The summed E-state index contributed by atoms with van der Waals surface area (Å²) >= 11 is 0. The van der Waals surface area contributed by atoms with Crippen LogP contribution in [0.2, 0.25) is 0 Å². The standard InChI is InChI=1S/C19H18FN5O/c1-13-22-18(23-25(13)17-6-4-15(20)5-7-17)19(26)24(16-8-9-16)12-14-3-2-10-21-11-14/h2-7,10-11,16H,8-9,12H2,1H3. The maximum Gasteiger partial charge on any atom is 0.294 e. The molecule has 0 unspecified atom stereocenters. The SMILES string of the molecule is Cc1nc(C(=O)N(Cc2cccnc2)C2CC2)nn1-c1ccc(F)cc1. The summed E-state index contributed by atoms with van der Waals surface area (Å²) in [5.41, 5.74) is 1.64. The maximum atomic E-state index is 13.1. The summed E-state index contributed by atoms with van der Waals surface area (Å²) in [6.07, 6.45) is 5.45. The molecular weight excluding hydrogens is 333 g/mol. The van der Waals surface area contributed by atoms with Gasteiger partial charge in [-0.25, -0.2) is 14.1 Å². The number of hydrogen-bond acceptors (Lipinski definition) is 4. The van der Waals surface area contributed by atoms with Gasteiger partial charge in [0, 0.05) is 25.0 Å². The van der Waals surface area contributed by atoms with E-state index in [-0.39, 0.29) is 23.6 Å². The van der Waals surface area contributed by atoms with Gasteiger partial charge in [0.15, 0.2) is 0 Å². The molecule has 1 aliphatic carbocycles. The van der Waals surface area contributed by atoms with Gasteiger partial charge in [-0.15, -0.1) is 5.10 Å². The third-order valence-corrected chi connectivity index (χ3v) is 4.36. The highest BCUT2D eigenvalue weighted by Gasteiger charge is 2.35. The number of halogens is 1. The molecule has 0 bridgehead atoms. The highest BCUT2D eigenvalue weighted by atomic mass is 19.1. The van der Waals surface area contributed by atoms with Crippen molar-refractivity contribution < 1.29 is 9.18 Å². The van der Waals surface area contributed by atoms with Gasteiger partial charge in [0.25, 0.3) is 5.91 Å². The lowest BCUT2D eigenvalue weighted by molar-refractivity contribution is 0.0717. The van der Waals surface area contributed by atoms with Crippen LogP contribution in [0, 0.1) is 12.7 Å². The summed E-state index contributed by atoms with van der Waals surface area (Å²) in [5, 5.41) is 4.36. The van der Waals surface area contributed by atoms with Gasteiger partial charge in [0.1, 0.15) is 11.6 Å². The number of aryl methyl sites for hydroxylation is 1. The number of benzene rings is 1. The first-order chi connectivity index (χ1) is 12.6. The Morgan fingerprint density at radius 3 is 2.69 bits per heavy atom. The largest absolute Gasteiger partial charge is 0.328 e. The van der Waals surface area contributed by atoms with E-state index in [1.54, 1.807) is 41.0 Å². The van der Waals surface area contributed by atoms with Crippen LogP contribution in [0.15, 0.2) is 48.8 Å². The molecule has 1 fully saturated rings. The van der Waals surface area contributed by atoms with Gasteiger partial charge in [-0.3, -0.25) is 9.78 Å². The van der Waals surface area contributed by atoms with Crippen molar-refractivity contribution in [2.24, 2.45) is 0 Å². The molecule has 132 valence electrons. The third kappa shape index (κ3) is 3.33. The van der Waals surface area contributed by atoms with Crippen LogP contribution in [-0.2, 0) is 6.54 Å². The van der Waals surface area contributed by atoms with Crippen LogP contribution in [0.4, 0.5) is 4.39 Å². The molecule has 2 heterocycles. The summed E-state index contributed by atoms with van der Waals surface area (Å²) in [6.45, 7) is 2.26. The van der Waals surface area contributed by atoms with Crippen LogP contribution in [0.1, 0.15) is 34.8 Å². The Morgan fingerprint density at radius 2 is 2.04 bits per heavy atom. The molecule has 0 spiro atoms. The number of carbonyl (C=O) groups excluding carboxylic acids is 1. The number of carbonyl (C=O) groups is 1. The van der Waals surface area contributed by atoms with Gasteiger partial charge in [-0.05, 0) is 55.7 Å². The van der Waals surface area contributed by atoms with E-state index in [9.17, 15) is 9.18 Å². The minimum absolute atomic E-state index is 0.155. The van der Waals surface area contributed by atoms with Crippen LogP contribution in [0.5, 0.6) is 0 Å². The Balaban J connectivity index is 1.60. The van der Waals surface area contributed by atoms with Crippen LogP contribution in [-0.4, -0.2) is 36.6 Å². The Bertz CT molecular complexity index is 919. The number of pyridine rings is 1. The van der Waals surface area contributed by atoms with Crippen molar-refractivity contribution in [1.29, 1.82) is 0 Å². The zero-order valence-corrected chi connectivity index (χ0v) is 14.3. The Hall–Kier alpha value is -3.09. The monoisotopic (exact) mass is 351 g/mol. The number of hydrogen-bond donors (Lipinski definition) is 0. The summed E-state index contributed by atoms with van der Waals surface area (Å²) in [6, 6.07) is 9.97. The predicted octanol–water partition coefficient (Wildman–Crippen LogP) is 2.91. The fraction of sp³-hybridized carbons (Fsp3) is 0.263. The van der Waals surface area contributed by atoms with Gasteiger partial charge in [-0.1, -0.05) is 6.07 Å². The molecule has 1 aliphatic rings. The summed E-state index contributed by atoms with van der Waals surface area (Å²) in [7, 11) is 0. The minimum atomic E-state index is -0.320. The van der Waals surface area contributed by atoms with Crippen molar-refractivity contribution in [2.75, 3.05) is 0 Å². The quantitative estimate of drug-likeness (QED) is 0.709. The first kappa shape index (κ1) is 16.4. The van der Waals surface area contributed by atoms with Gasteiger partial charge in [0.2, 0.25) is 5.82 Å². The molecule has 4 rings (SSSR count). The molecule has 3 aromatic rings. The molecule has 6 nitrogen and oxygen atoms in total. The summed E-state index contributed by atoms with van der Waals surface area (Å²) in [4.78, 5) is 23.2. The maximum absolute atomic E-state index is 13.1. The van der Waals surface area contributed by atoms with E-state index in [0.717, 1.165) is 18.4 Å². The van der Waals surface area contributed by atoms with Crippen molar-refractivity contribution in [1.82, 2.24) is 24.6 Å². The van der Waals surface area contributed by atoms with Crippen molar-refractivity contribution >= 4 is 5.91 Å². The van der Waals surface area contributed by atoms with Crippen LogP contribution in [0.3, 0.4) is 0 Å². The normalized spacial score (nSPS) is 13.6. The summed E-state index contributed by atoms with van der Waals surface area (Å²) in [5.74, 6) is 0.221. The van der Waals surface area contributed by atoms with Gasteiger partial charge in [-0.2, -0.15) is 0 Å². The van der Waals surface area contributed by atoms with Gasteiger partial charge in [0.05, 0.1) is 5.69 Å². The molecule has 0 atom stereocenters. The molecule has 26 heavy (non-hydrogen) atoms. The first-order valence-corrected chi connectivity index (χ1v) is 8.51. The highest BCUT2D eigenvalue weighted by Crippen LogP contribution is 2.29. The fourth-order valence-electron chi connectivity index (χ4n) is 2.88. The number of rotatable bonds is 5. The highest BCUT2D eigenvalue weighted by molar-refractivity contribution is 5.91. The smallest absolute Gasteiger partial charge is 0.294 e. The molecule has 1 saturated carbocycles. The van der Waals surface area contributed by atoms with E-state index in [1.165, 1.54) is 12.1 Å². The molecule has 1 aromatic carbocycles. The number of aromatic nitrogens is 4. The van der Waals surface area contributed by atoms with E-state index in [1.807, 2.05) is 12.1 Å². The molecule has 0 radical (unpaired) electrons. The first-order valence-electron chi connectivity index (χ1n) is 8.51. The molecular formula is C19H18FN5O. The number of nitrogens with zero attached hydrogens (tertiary/aromatic N) is 5. The Labute approximate surface area is 150 Å². The van der Waals surface area contributed by atoms with Crippen molar-refractivity contribution in [3.63, 3.8) is 0 Å². The van der Waals surface area contributed by atoms with Crippen molar-refractivity contribution in [3.8, 4) is 5.69 Å². The Morgan fingerprint density at radius 1 is 1.27 bits per heavy atom. The average Bonchev–Trinajstić information content (AvgIpc) is 3.42. The van der Waals surface area contributed by atoms with Crippen molar-refractivity contribution in [3.05, 3.63) is 71.8 Å². The molecule has 0 saturated heterocycles. The second kappa shape index (κ2) is 6.67. The van der Waals surface area contributed by atoms with E-state index in [2.05, 4.69) is 15.1 Å². The fourth-order valence-corrected chi connectivity index (χ4v) is 2.88. The lowest BCUT2D eigenvalue weighted by Gasteiger charge is -2.20. The second-order valence-electron chi connectivity index (χ2n) is 6.40. The van der Waals surface area contributed by atoms with Crippen LogP contribution in [0.25, 0.3) is 5.69 Å². The van der Waals surface area contributed by atoms with Gasteiger partial charge >= 0.3 is 0 Å². The predicted molar refractivity (Wildman–Crippen MR) is 93.2 cm³/mol. The van der Waals surface area contributed by atoms with E-state index >= 15 is 0 Å². The second-order valence-corrected chi connectivity index (χ2v) is 6.40. The lowest BCUT2D eigenvalue weighted by atomic mass is 10.2. The molecule has 2 aromatic heterocycles. The lowest BCUT2D eigenvalue weighted by Crippen LogP contribution is -2.33. The topological polar surface area (TPSA) is 63.9 Å². The molecule has 7 heteroatoms. The molecule has 0 aliphatic heterocycles. The van der Waals surface area contributed by atoms with E-state index in [0.29, 0.717) is 18.1 Å².